The second-order valence-corrected chi connectivity index (χ2v) is 4.07. The van der Waals surface area contributed by atoms with Gasteiger partial charge in [0.2, 0.25) is 0 Å². The Balaban J connectivity index is 2.74. The fourth-order valence-corrected chi connectivity index (χ4v) is 1.50. The van der Waals surface area contributed by atoms with Crippen LogP contribution in [0.2, 0.25) is 0 Å². The number of hydrogen-bond donors (Lipinski definition) is 2. The zero-order valence-corrected chi connectivity index (χ0v) is 11.0. The maximum atomic E-state index is 12.0. The number of hydrogen-bond acceptors (Lipinski definition) is 5. The molecule has 1 aromatic rings. The molecule has 0 unspecified atom stereocenters. The first-order valence-electron chi connectivity index (χ1n) is 5.91. The van der Waals surface area contributed by atoms with Gasteiger partial charge in [-0.2, -0.15) is 13.2 Å². The highest BCUT2D eigenvalue weighted by Crippen LogP contribution is 2.22. The molecule has 2 N–H and O–H groups in total. The Bertz CT molecular complexity index is 534. The largest absolute Gasteiger partial charge is 0.389 e. The number of nitrogens with zero attached hydrogens (tertiary/aromatic N) is 2. The number of alkyl halides is 3. The Morgan fingerprint density at radius 3 is 2.67 bits per heavy atom. The zero-order valence-electron chi connectivity index (χ0n) is 11.0. The van der Waals surface area contributed by atoms with Crippen molar-refractivity contribution in [3.05, 3.63) is 27.9 Å². The summed E-state index contributed by atoms with van der Waals surface area (Å²) in [5.41, 5.74) is -0.770. The van der Waals surface area contributed by atoms with Crippen LogP contribution in [0.1, 0.15) is 23.2 Å². The first-order valence-corrected chi connectivity index (χ1v) is 5.91. The van der Waals surface area contributed by atoms with Crippen LogP contribution in [0.3, 0.4) is 0 Å². The van der Waals surface area contributed by atoms with Gasteiger partial charge < -0.3 is 10.6 Å². The van der Waals surface area contributed by atoms with Crippen molar-refractivity contribution in [3.63, 3.8) is 0 Å². The van der Waals surface area contributed by atoms with E-state index in [9.17, 15) is 28.1 Å². The maximum Gasteiger partial charge on any atom is 0.389 e. The standard InChI is InChI=1S/C11H13F3N4O3/c1-15-9-5-7(8(6-17-9)18(20)21)10(19)16-4-2-3-11(12,13)14/h5-6H,2-4H2,1H3,(H,15,17)(H,16,19). The molecule has 116 valence electrons. The van der Waals surface area contributed by atoms with Crippen molar-refractivity contribution in [1.82, 2.24) is 10.3 Å². The third-order valence-corrected chi connectivity index (χ3v) is 2.50. The average Bonchev–Trinajstić information content (AvgIpc) is 2.41. The minimum Gasteiger partial charge on any atom is -0.373 e. The van der Waals surface area contributed by atoms with E-state index in [1.165, 1.54) is 7.05 Å². The van der Waals surface area contributed by atoms with Crippen LogP contribution in [-0.2, 0) is 0 Å². The Morgan fingerprint density at radius 1 is 1.48 bits per heavy atom. The molecule has 21 heavy (non-hydrogen) atoms. The molecule has 7 nitrogen and oxygen atoms in total. The summed E-state index contributed by atoms with van der Waals surface area (Å²) in [4.78, 5) is 25.5. The fraction of sp³-hybridized carbons (Fsp3) is 0.455. The van der Waals surface area contributed by atoms with Gasteiger partial charge in [-0.05, 0) is 6.42 Å². The lowest BCUT2D eigenvalue weighted by Gasteiger charge is -2.08. The number of carbonyl (C=O) groups is 1. The van der Waals surface area contributed by atoms with Crippen LogP contribution in [0, 0.1) is 10.1 Å². The predicted molar refractivity (Wildman–Crippen MR) is 68.1 cm³/mol. The number of halogens is 3. The number of nitrogens with one attached hydrogen (secondary N) is 2. The summed E-state index contributed by atoms with van der Waals surface area (Å²) in [5.74, 6) is -0.580. The third kappa shape index (κ3) is 5.24. The molecule has 0 saturated carbocycles. The van der Waals surface area contributed by atoms with Crippen LogP contribution >= 0.6 is 0 Å². The topological polar surface area (TPSA) is 97.2 Å². The highest BCUT2D eigenvalue weighted by atomic mass is 19.4. The number of carbonyl (C=O) groups excluding carboxylic acids is 1. The lowest BCUT2D eigenvalue weighted by Crippen LogP contribution is -2.26. The minimum atomic E-state index is -4.30. The van der Waals surface area contributed by atoms with Gasteiger partial charge in [-0.3, -0.25) is 14.9 Å². The molecule has 0 atom stereocenters. The summed E-state index contributed by atoms with van der Waals surface area (Å²) in [7, 11) is 1.51. The quantitative estimate of drug-likeness (QED) is 0.476. The molecule has 0 aliphatic heterocycles. The first-order chi connectivity index (χ1) is 9.74. The summed E-state index contributed by atoms with van der Waals surface area (Å²) < 4.78 is 35.9. The fourth-order valence-electron chi connectivity index (χ4n) is 1.50. The van der Waals surface area contributed by atoms with E-state index in [0.29, 0.717) is 0 Å². The molecule has 1 amide bonds. The summed E-state index contributed by atoms with van der Waals surface area (Å²) in [5, 5.41) is 15.6. The highest BCUT2D eigenvalue weighted by Gasteiger charge is 2.26. The lowest BCUT2D eigenvalue weighted by molar-refractivity contribution is -0.385. The number of nitro groups is 1. The van der Waals surface area contributed by atoms with E-state index in [4.69, 9.17) is 0 Å². The Hall–Kier alpha value is -2.39. The minimum absolute atomic E-state index is 0.229. The van der Waals surface area contributed by atoms with Gasteiger partial charge in [0.25, 0.3) is 11.6 Å². The first kappa shape index (κ1) is 16.7. The monoisotopic (exact) mass is 306 g/mol. The van der Waals surface area contributed by atoms with Crippen molar-refractivity contribution in [3.8, 4) is 0 Å². The van der Waals surface area contributed by atoms with Crippen molar-refractivity contribution >= 4 is 17.4 Å². The van der Waals surface area contributed by atoms with Crippen molar-refractivity contribution in [2.75, 3.05) is 18.9 Å². The van der Waals surface area contributed by atoms with Crippen LogP contribution in [0.15, 0.2) is 12.3 Å². The Morgan fingerprint density at radius 2 is 2.14 bits per heavy atom. The summed E-state index contributed by atoms with van der Waals surface area (Å²) in [6.07, 6.45) is -4.72. The van der Waals surface area contributed by atoms with Crippen LogP contribution in [0.25, 0.3) is 0 Å². The molecule has 0 spiro atoms. The van der Waals surface area contributed by atoms with Gasteiger partial charge in [0.1, 0.15) is 17.6 Å². The van der Waals surface area contributed by atoms with Crippen LogP contribution in [-0.4, -0.2) is 35.6 Å². The molecule has 0 fully saturated rings. The molecule has 0 aromatic carbocycles. The maximum absolute atomic E-state index is 12.0. The number of rotatable bonds is 6. The molecular formula is C11H13F3N4O3. The van der Waals surface area contributed by atoms with Crippen LogP contribution < -0.4 is 10.6 Å². The normalized spacial score (nSPS) is 11.0. The van der Waals surface area contributed by atoms with Gasteiger partial charge in [-0.1, -0.05) is 0 Å². The van der Waals surface area contributed by atoms with Crippen molar-refractivity contribution in [2.45, 2.75) is 19.0 Å². The molecule has 1 heterocycles. The van der Waals surface area contributed by atoms with E-state index < -0.39 is 29.1 Å². The molecule has 10 heteroatoms. The molecular weight excluding hydrogens is 293 g/mol. The molecule has 1 rings (SSSR count). The van der Waals surface area contributed by atoms with Crippen LogP contribution in [0.5, 0.6) is 0 Å². The van der Waals surface area contributed by atoms with Gasteiger partial charge in [0, 0.05) is 26.1 Å². The van der Waals surface area contributed by atoms with Gasteiger partial charge in [-0.15, -0.1) is 0 Å². The van der Waals surface area contributed by atoms with Gasteiger partial charge in [0.15, 0.2) is 0 Å². The van der Waals surface area contributed by atoms with Gasteiger partial charge >= 0.3 is 6.18 Å². The summed E-state index contributed by atoms with van der Waals surface area (Å²) >= 11 is 0. The second kappa shape index (κ2) is 6.86. The van der Waals surface area contributed by atoms with Crippen molar-refractivity contribution < 1.29 is 22.9 Å². The van der Waals surface area contributed by atoms with Gasteiger partial charge in [-0.25, -0.2) is 4.98 Å². The third-order valence-electron chi connectivity index (χ3n) is 2.50. The summed E-state index contributed by atoms with van der Waals surface area (Å²) in [6, 6.07) is 1.16. The average molecular weight is 306 g/mol. The SMILES string of the molecule is CNc1cc(C(=O)NCCCC(F)(F)F)c([N+](=O)[O-])cn1. The molecule has 0 aliphatic rings. The lowest BCUT2D eigenvalue weighted by atomic mass is 10.2. The smallest absolute Gasteiger partial charge is 0.373 e. The highest BCUT2D eigenvalue weighted by molar-refractivity contribution is 5.98. The molecule has 0 aliphatic carbocycles. The summed E-state index contributed by atoms with van der Waals surface area (Å²) in [6.45, 7) is -0.229. The number of anilines is 1. The molecule has 0 saturated heterocycles. The number of pyridine rings is 1. The van der Waals surface area contributed by atoms with Gasteiger partial charge in [0.05, 0.1) is 4.92 Å². The predicted octanol–water partition coefficient (Wildman–Crippen LogP) is 2.10. The number of aromatic nitrogens is 1. The van der Waals surface area contributed by atoms with Crippen molar-refractivity contribution in [2.24, 2.45) is 0 Å². The Labute approximate surface area is 117 Å². The van der Waals surface area contributed by atoms with E-state index in [1.807, 2.05) is 0 Å². The van der Waals surface area contributed by atoms with E-state index in [2.05, 4.69) is 15.6 Å². The Kier molecular flexibility index (Phi) is 5.44. The van der Waals surface area contributed by atoms with E-state index in [1.54, 1.807) is 0 Å². The van der Waals surface area contributed by atoms with Crippen molar-refractivity contribution in [1.29, 1.82) is 0 Å². The van der Waals surface area contributed by atoms with E-state index >= 15 is 0 Å². The number of amides is 1. The molecule has 0 radical (unpaired) electrons. The second-order valence-electron chi connectivity index (χ2n) is 4.07. The van der Waals surface area contributed by atoms with Crippen LogP contribution in [0.4, 0.5) is 24.7 Å². The van der Waals surface area contributed by atoms with E-state index in [0.717, 1.165) is 12.3 Å². The zero-order chi connectivity index (χ0) is 16.0. The molecule has 1 aromatic heterocycles. The molecule has 0 bridgehead atoms. The van der Waals surface area contributed by atoms with E-state index in [-0.39, 0.29) is 24.3 Å².